The predicted octanol–water partition coefficient (Wildman–Crippen LogP) is 4.84. The van der Waals surface area contributed by atoms with Crippen LogP contribution in [0.25, 0.3) is 0 Å². The molecule has 8 atom stereocenters. The molecule has 28 heavy (non-hydrogen) atoms. The first-order valence-corrected chi connectivity index (χ1v) is 11.8. The number of carbonyl (C=O) groups is 2. The first-order valence-electron chi connectivity index (χ1n) is 11.8. The van der Waals surface area contributed by atoms with Crippen LogP contribution in [-0.2, 0) is 14.3 Å². The molecule has 1 saturated heterocycles. The van der Waals surface area contributed by atoms with Gasteiger partial charge in [-0.15, -0.1) is 0 Å². The van der Waals surface area contributed by atoms with Gasteiger partial charge in [0.1, 0.15) is 5.60 Å². The van der Waals surface area contributed by atoms with Gasteiger partial charge in [0.25, 0.3) is 0 Å². The van der Waals surface area contributed by atoms with Crippen LogP contribution in [0.4, 0.5) is 0 Å². The standard InChI is InChI=1S/C25H32O3/c1-22-13-24(9-10-24)19(26)12-18(22)14-11-15(14)21-16(22)3-6-23(2)17(21)4-7-25(23)8-5-20(27)28-25/h12,14-17,21H,3-11,13H2,1-2H3/t14-,15+,16?,17?,21?,22-,23+,25?/m1/s1. The van der Waals surface area contributed by atoms with Crippen molar-refractivity contribution in [1.82, 2.24) is 0 Å². The highest BCUT2D eigenvalue weighted by atomic mass is 16.6. The first-order chi connectivity index (χ1) is 13.3. The van der Waals surface area contributed by atoms with E-state index in [4.69, 9.17) is 4.74 Å². The first kappa shape index (κ1) is 16.7. The van der Waals surface area contributed by atoms with Gasteiger partial charge in [-0.25, -0.2) is 0 Å². The van der Waals surface area contributed by atoms with Crippen molar-refractivity contribution in [3.05, 3.63) is 11.6 Å². The molecule has 7 rings (SSSR count). The van der Waals surface area contributed by atoms with E-state index < -0.39 is 0 Å². The zero-order valence-corrected chi connectivity index (χ0v) is 17.3. The molecule has 0 aromatic rings. The van der Waals surface area contributed by atoms with Gasteiger partial charge in [0.15, 0.2) is 5.78 Å². The van der Waals surface area contributed by atoms with Crippen LogP contribution in [0.15, 0.2) is 11.6 Å². The third-order valence-electron chi connectivity index (χ3n) is 11.2. The van der Waals surface area contributed by atoms with E-state index in [1.54, 1.807) is 5.57 Å². The summed E-state index contributed by atoms with van der Waals surface area (Å²) in [5.74, 6) is 4.20. The Kier molecular flexibility index (Phi) is 2.75. The van der Waals surface area contributed by atoms with Crippen molar-refractivity contribution in [2.75, 3.05) is 0 Å². The highest BCUT2D eigenvalue weighted by Crippen LogP contribution is 2.77. The van der Waals surface area contributed by atoms with Gasteiger partial charge in [0.2, 0.25) is 0 Å². The lowest BCUT2D eigenvalue weighted by Gasteiger charge is -2.59. The van der Waals surface area contributed by atoms with Gasteiger partial charge in [-0.3, -0.25) is 9.59 Å². The van der Waals surface area contributed by atoms with E-state index in [1.807, 2.05) is 0 Å². The second kappa shape index (κ2) is 4.62. The van der Waals surface area contributed by atoms with E-state index >= 15 is 0 Å². The smallest absolute Gasteiger partial charge is 0.306 e. The van der Waals surface area contributed by atoms with Crippen molar-refractivity contribution in [3.8, 4) is 0 Å². The van der Waals surface area contributed by atoms with E-state index in [0.29, 0.717) is 24.0 Å². The largest absolute Gasteiger partial charge is 0.458 e. The maximum absolute atomic E-state index is 12.8. The van der Waals surface area contributed by atoms with Crippen molar-refractivity contribution in [2.24, 2.45) is 45.8 Å². The summed E-state index contributed by atoms with van der Waals surface area (Å²) < 4.78 is 6.10. The van der Waals surface area contributed by atoms with Crippen LogP contribution in [0.1, 0.15) is 78.1 Å². The van der Waals surface area contributed by atoms with Crippen LogP contribution in [0.2, 0.25) is 0 Å². The fraction of sp³-hybridized carbons (Fsp3) is 0.840. The molecule has 0 N–H and O–H groups in total. The van der Waals surface area contributed by atoms with E-state index in [-0.39, 0.29) is 27.8 Å². The van der Waals surface area contributed by atoms with Crippen molar-refractivity contribution in [3.63, 3.8) is 0 Å². The van der Waals surface area contributed by atoms with Crippen molar-refractivity contribution in [2.45, 2.75) is 83.7 Å². The Bertz CT molecular complexity index is 852. The van der Waals surface area contributed by atoms with E-state index in [1.165, 1.54) is 25.7 Å². The number of hydrogen-bond donors (Lipinski definition) is 0. The highest BCUT2D eigenvalue weighted by Gasteiger charge is 2.73. The van der Waals surface area contributed by atoms with Gasteiger partial charge in [0, 0.05) is 17.3 Å². The number of allylic oxidation sites excluding steroid dienone is 1. The molecular weight excluding hydrogens is 348 g/mol. The Labute approximate surface area is 167 Å². The number of rotatable bonds is 0. The number of carbonyl (C=O) groups excluding carboxylic acids is 2. The Morgan fingerprint density at radius 3 is 2.50 bits per heavy atom. The number of hydrogen-bond acceptors (Lipinski definition) is 3. The lowest BCUT2D eigenvalue weighted by molar-refractivity contribution is -0.169. The minimum atomic E-state index is -0.165. The second-order valence-electron chi connectivity index (χ2n) is 12.1. The Balaban J connectivity index is 1.30. The zero-order valence-electron chi connectivity index (χ0n) is 17.3. The summed E-state index contributed by atoms with van der Waals surface area (Å²) in [6, 6.07) is 0. The monoisotopic (exact) mass is 380 g/mol. The Morgan fingerprint density at radius 1 is 1.00 bits per heavy atom. The summed E-state index contributed by atoms with van der Waals surface area (Å²) in [5, 5.41) is 0. The molecule has 3 nitrogen and oxygen atoms in total. The van der Waals surface area contributed by atoms with E-state index in [2.05, 4.69) is 19.9 Å². The van der Waals surface area contributed by atoms with Gasteiger partial charge >= 0.3 is 5.97 Å². The third-order valence-corrected chi connectivity index (χ3v) is 11.2. The molecule has 7 aliphatic rings. The van der Waals surface area contributed by atoms with Gasteiger partial charge in [0.05, 0.1) is 0 Å². The Morgan fingerprint density at radius 2 is 1.79 bits per heavy atom. The second-order valence-corrected chi connectivity index (χ2v) is 12.1. The van der Waals surface area contributed by atoms with Gasteiger partial charge < -0.3 is 4.74 Å². The van der Waals surface area contributed by atoms with Crippen LogP contribution in [0, 0.1) is 45.8 Å². The van der Waals surface area contributed by atoms with Crippen LogP contribution in [-0.4, -0.2) is 17.4 Å². The number of ketones is 1. The highest BCUT2D eigenvalue weighted by molar-refractivity contribution is 5.99. The minimum absolute atomic E-state index is 0.0170. The summed E-state index contributed by atoms with van der Waals surface area (Å²) in [5.41, 5.74) is 1.82. The molecule has 2 spiro atoms. The lowest BCUT2D eigenvalue weighted by atomic mass is 9.45. The molecule has 0 bridgehead atoms. The predicted molar refractivity (Wildman–Crippen MR) is 104 cm³/mol. The van der Waals surface area contributed by atoms with E-state index in [9.17, 15) is 9.59 Å². The minimum Gasteiger partial charge on any atom is -0.458 e. The van der Waals surface area contributed by atoms with Crippen molar-refractivity contribution >= 4 is 11.8 Å². The average Bonchev–Trinajstić information content (AvgIpc) is 3.55. The lowest BCUT2D eigenvalue weighted by Crippen LogP contribution is -2.56. The maximum Gasteiger partial charge on any atom is 0.306 e. The molecule has 150 valence electrons. The Hall–Kier alpha value is -1.12. The summed E-state index contributed by atoms with van der Waals surface area (Å²) in [6.45, 7) is 5.00. The molecule has 3 heteroatoms. The van der Waals surface area contributed by atoms with Crippen LogP contribution >= 0.6 is 0 Å². The molecule has 1 heterocycles. The van der Waals surface area contributed by atoms with Crippen LogP contribution < -0.4 is 0 Å². The maximum atomic E-state index is 12.8. The normalized spacial score (nSPS) is 57.2. The summed E-state index contributed by atoms with van der Waals surface area (Å²) in [7, 11) is 0. The molecular formula is C25H32O3. The SMILES string of the molecule is C[C@]12CC3(CC3)C(=O)C=C1[C@@H]1C[C@@H]1C1C2CC[C@@]2(C)C1CCC21CCC(=O)O1. The van der Waals surface area contributed by atoms with E-state index in [0.717, 1.165) is 49.9 Å². The molecule has 0 radical (unpaired) electrons. The number of fused-ring (bicyclic) bond motifs is 9. The third kappa shape index (κ3) is 1.68. The summed E-state index contributed by atoms with van der Waals surface area (Å²) in [4.78, 5) is 24.9. The van der Waals surface area contributed by atoms with Gasteiger partial charge in [-0.05, 0) is 98.9 Å². The number of ether oxygens (including phenoxy) is 1. The topological polar surface area (TPSA) is 43.4 Å². The zero-order chi connectivity index (χ0) is 19.1. The van der Waals surface area contributed by atoms with Crippen LogP contribution in [0.3, 0.4) is 0 Å². The molecule has 1 aliphatic heterocycles. The molecule has 6 fully saturated rings. The molecule has 6 aliphatic carbocycles. The average molecular weight is 381 g/mol. The van der Waals surface area contributed by atoms with Crippen molar-refractivity contribution < 1.29 is 14.3 Å². The van der Waals surface area contributed by atoms with Crippen molar-refractivity contribution in [1.29, 1.82) is 0 Å². The fourth-order valence-corrected chi connectivity index (χ4v) is 9.63. The molecule has 5 saturated carbocycles. The van der Waals surface area contributed by atoms with Gasteiger partial charge in [-0.1, -0.05) is 19.4 Å². The summed E-state index contributed by atoms with van der Waals surface area (Å²) >= 11 is 0. The quantitative estimate of drug-likeness (QED) is 0.565. The fourth-order valence-electron chi connectivity index (χ4n) is 9.63. The number of esters is 1. The molecule has 4 unspecified atom stereocenters. The molecule has 0 amide bonds. The molecule has 0 aromatic heterocycles. The van der Waals surface area contributed by atoms with Crippen LogP contribution in [0.5, 0.6) is 0 Å². The summed E-state index contributed by atoms with van der Waals surface area (Å²) in [6.07, 6.45) is 13.2. The molecule has 0 aromatic carbocycles. The van der Waals surface area contributed by atoms with Gasteiger partial charge in [-0.2, -0.15) is 0 Å².